The van der Waals surface area contributed by atoms with Gasteiger partial charge >= 0.3 is 0 Å². The molecule has 1 fully saturated rings. The number of aryl methyl sites for hydroxylation is 1. The monoisotopic (exact) mass is 260 g/mol. The van der Waals surface area contributed by atoms with Crippen molar-refractivity contribution >= 4 is 0 Å². The average molecular weight is 260 g/mol. The molecule has 1 aliphatic carbocycles. The fourth-order valence-corrected chi connectivity index (χ4v) is 3.54. The molecule has 104 valence electrons. The molecule has 0 saturated heterocycles. The number of rotatable bonds is 1. The van der Waals surface area contributed by atoms with E-state index in [-0.39, 0.29) is 12.2 Å². The van der Waals surface area contributed by atoms with Gasteiger partial charge in [-0.15, -0.1) is 0 Å². The van der Waals surface area contributed by atoms with Crippen molar-refractivity contribution in [1.29, 1.82) is 0 Å². The molecule has 1 N–H and O–H groups in total. The van der Waals surface area contributed by atoms with Crippen molar-refractivity contribution in [1.82, 2.24) is 0 Å². The van der Waals surface area contributed by atoms with Gasteiger partial charge in [-0.25, -0.2) is 0 Å². The number of aliphatic hydroxyl groups is 1. The maximum absolute atomic E-state index is 10.4. The largest absolute Gasteiger partial charge is 0.490 e. The van der Waals surface area contributed by atoms with E-state index in [1.807, 2.05) is 6.07 Å². The Labute approximate surface area is 115 Å². The molecule has 2 heteroatoms. The lowest BCUT2D eigenvalue weighted by molar-refractivity contribution is 0.0194. The molecule has 2 aliphatic rings. The van der Waals surface area contributed by atoms with Crippen LogP contribution in [0.2, 0.25) is 0 Å². The minimum atomic E-state index is -0.354. The van der Waals surface area contributed by atoms with Crippen molar-refractivity contribution in [2.75, 3.05) is 0 Å². The molecule has 1 heterocycles. The minimum Gasteiger partial charge on any atom is -0.490 e. The second kappa shape index (κ2) is 5.16. The van der Waals surface area contributed by atoms with E-state index in [2.05, 4.69) is 26.0 Å². The van der Waals surface area contributed by atoms with E-state index in [0.29, 0.717) is 5.92 Å². The Kier molecular flexibility index (Phi) is 3.53. The highest BCUT2D eigenvalue weighted by molar-refractivity contribution is 5.40. The fraction of sp³-hybridized carbons (Fsp3) is 0.647. The number of hydrogen-bond acceptors (Lipinski definition) is 2. The van der Waals surface area contributed by atoms with Crippen molar-refractivity contribution in [2.24, 2.45) is 11.8 Å². The quantitative estimate of drug-likeness (QED) is 0.827. The Morgan fingerprint density at radius 2 is 1.89 bits per heavy atom. The average Bonchev–Trinajstić information content (AvgIpc) is 2.40. The molecule has 0 amide bonds. The Hall–Kier alpha value is -1.02. The van der Waals surface area contributed by atoms with Crippen LogP contribution in [0.4, 0.5) is 0 Å². The maximum atomic E-state index is 10.4. The molecular weight excluding hydrogens is 236 g/mol. The highest BCUT2D eigenvalue weighted by Crippen LogP contribution is 2.41. The smallest absolute Gasteiger partial charge is 0.125 e. The third-order valence-electron chi connectivity index (χ3n) is 4.84. The third kappa shape index (κ3) is 2.64. The summed E-state index contributed by atoms with van der Waals surface area (Å²) in [6.07, 6.45) is 5.73. The Bertz CT molecular complexity index is 447. The Morgan fingerprint density at radius 3 is 2.63 bits per heavy atom. The summed E-state index contributed by atoms with van der Waals surface area (Å²) in [6.45, 7) is 4.40. The molecule has 2 atom stereocenters. The lowest BCUT2D eigenvalue weighted by Crippen LogP contribution is -2.34. The summed E-state index contributed by atoms with van der Waals surface area (Å²) in [6, 6.07) is 6.14. The zero-order chi connectivity index (χ0) is 13.4. The van der Waals surface area contributed by atoms with Gasteiger partial charge in [-0.3, -0.25) is 0 Å². The van der Waals surface area contributed by atoms with Crippen molar-refractivity contribution < 1.29 is 9.84 Å². The zero-order valence-corrected chi connectivity index (χ0v) is 11.9. The molecule has 2 nitrogen and oxygen atoms in total. The van der Waals surface area contributed by atoms with Crippen molar-refractivity contribution in [3.63, 3.8) is 0 Å². The number of hydrogen-bond donors (Lipinski definition) is 1. The highest BCUT2D eigenvalue weighted by atomic mass is 16.5. The molecule has 2 unspecified atom stereocenters. The van der Waals surface area contributed by atoms with Crippen LogP contribution in [0.15, 0.2) is 18.2 Å². The van der Waals surface area contributed by atoms with E-state index in [9.17, 15) is 5.11 Å². The minimum absolute atomic E-state index is 0.206. The van der Waals surface area contributed by atoms with Crippen LogP contribution in [0.5, 0.6) is 5.75 Å². The first kappa shape index (κ1) is 13.0. The van der Waals surface area contributed by atoms with Crippen molar-refractivity contribution in [3.05, 3.63) is 29.3 Å². The van der Waals surface area contributed by atoms with Gasteiger partial charge in [0, 0.05) is 12.0 Å². The van der Waals surface area contributed by atoms with Crippen LogP contribution in [-0.4, -0.2) is 11.2 Å². The number of ether oxygens (including phenoxy) is 1. The topological polar surface area (TPSA) is 29.5 Å². The summed E-state index contributed by atoms with van der Waals surface area (Å²) >= 11 is 0. The van der Waals surface area contributed by atoms with Crippen molar-refractivity contribution in [2.45, 2.75) is 58.2 Å². The number of fused-ring (bicyclic) bond motifs is 1. The third-order valence-corrected chi connectivity index (χ3v) is 4.84. The second-order valence-corrected chi connectivity index (χ2v) is 6.47. The molecule has 1 saturated carbocycles. The summed E-state index contributed by atoms with van der Waals surface area (Å²) in [4.78, 5) is 0. The van der Waals surface area contributed by atoms with Gasteiger partial charge in [0.1, 0.15) is 11.9 Å². The molecule has 1 aliphatic heterocycles. The van der Waals surface area contributed by atoms with Crippen molar-refractivity contribution in [3.8, 4) is 5.75 Å². The Balaban J connectivity index is 1.75. The van der Waals surface area contributed by atoms with Gasteiger partial charge in [0.05, 0.1) is 6.10 Å². The first-order valence-corrected chi connectivity index (χ1v) is 7.58. The van der Waals surface area contributed by atoms with Gasteiger partial charge in [-0.2, -0.15) is 0 Å². The predicted octanol–water partition coefficient (Wildman–Crippen LogP) is 4.01. The van der Waals surface area contributed by atoms with Crippen LogP contribution in [0, 0.1) is 18.8 Å². The highest BCUT2D eigenvalue weighted by Gasteiger charge is 2.34. The standard InChI is InChI=1S/C17H24O2/c1-11-3-6-13(7-4-11)17-10-15(18)14-9-12(2)5-8-16(14)19-17/h5,8-9,11,13,15,17-18H,3-4,6-7,10H2,1-2H3. The molecule has 3 rings (SSSR count). The molecule has 0 aromatic heterocycles. The summed E-state index contributed by atoms with van der Waals surface area (Å²) in [5, 5.41) is 10.4. The predicted molar refractivity (Wildman–Crippen MR) is 76.3 cm³/mol. The van der Waals surface area contributed by atoms with Crippen LogP contribution in [0.3, 0.4) is 0 Å². The number of aliphatic hydroxyl groups excluding tert-OH is 1. The van der Waals surface area contributed by atoms with Gasteiger partial charge in [0.2, 0.25) is 0 Å². The summed E-state index contributed by atoms with van der Waals surface area (Å²) in [5.74, 6) is 2.38. The van der Waals surface area contributed by atoms with Crippen LogP contribution < -0.4 is 4.74 Å². The molecule has 0 bridgehead atoms. The fourth-order valence-electron chi connectivity index (χ4n) is 3.54. The van der Waals surface area contributed by atoms with Crippen LogP contribution in [0.1, 0.15) is 56.3 Å². The van der Waals surface area contributed by atoms with Gasteiger partial charge in [-0.1, -0.05) is 31.4 Å². The summed E-state index contributed by atoms with van der Waals surface area (Å²) < 4.78 is 6.17. The molecule has 1 aromatic rings. The molecule has 0 spiro atoms. The molecule has 1 aromatic carbocycles. The maximum Gasteiger partial charge on any atom is 0.125 e. The second-order valence-electron chi connectivity index (χ2n) is 6.47. The van der Waals surface area contributed by atoms with Crippen LogP contribution in [-0.2, 0) is 0 Å². The van der Waals surface area contributed by atoms with E-state index in [1.54, 1.807) is 0 Å². The number of benzene rings is 1. The molecular formula is C17H24O2. The molecule has 19 heavy (non-hydrogen) atoms. The van der Waals surface area contributed by atoms with Gasteiger partial charge < -0.3 is 9.84 Å². The van der Waals surface area contributed by atoms with E-state index < -0.39 is 0 Å². The first-order valence-electron chi connectivity index (χ1n) is 7.58. The van der Waals surface area contributed by atoms with E-state index in [1.165, 1.54) is 31.2 Å². The van der Waals surface area contributed by atoms with E-state index >= 15 is 0 Å². The lowest BCUT2D eigenvalue weighted by Gasteiger charge is -2.37. The van der Waals surface area contributed by atoms with Crippen LogP contribution in [0.25, 0.3) is 0 Å². The summed E-state index contributed by atoms with van der Waals surface area (Å²) in [5.41, 5.74) is 2.16. The van der Waals surface area contributed by atoms with Gasteiger partial charge in [0.15, 0.2) is 0 Å². The Morgan fingerprint density at radius 1 is 1.16 bits per heavy atom. The SMILES string of the molecule is Cc1ccc2c(c1)C(O)CC(C1CCC(C)CC1)O2. The molecule has 0 radical (unpaired) electrons. The first-order chi connectivity index (χ1) is 9.13. The lowest BCUT2D eigenvalue weighted by atomic mass is 9.78. The normalized spacial score (nSPS) is 34.5. The van der Waals surface area contributed by atoms with Gasteiger partial charge in [-0.05, 0) is 43.7 Å². The van der Waals surface area contributed by atoms with Crippen LogP contribution >= 0.6 is 0 Å². The van der Waals surface area contributed by atoms with E-state index in [4.69, 9.17) is 4.74 Å². The van der Waals surface area contributed by atoms with E-state index in [0.717, 1.165) is 23.7 Å². The summed E-state index contributed by atoms with van der Waals surface area (Å²) in [7, 11) is 0. The zero-order valence-electron chi connectivity index (χ0n) is 11.9. The van der Waals surface area contributed by atoms with Gasteiger partial charge in [0.25, 0.3) is 0 Å².